The van der Waals surface area contributed by atoms with Gasteiger partial charge in [0.05, 0.1) is 12.5 Å². The van der Waals surface area contributed by atoms with Crippen LogP contribution in [0.3, 0.4) is 0 Å². The Hall–Kier alpha value is -1.53. The van der Waals surface area contributed by atoms with E-state index in [9.17, 15) is 0 Å². The summed E-state index contributed by atoms with van der Waals surface area (Å²) >= 11 is 0. The number of imidazole rings is 1. The number of rotatable bonds is 0. The molecule has 2 rings (SSSR count). The maximum atomic E-state index is 6.00. The van der Waals surface area contributed by atoms with Crippen molar-refractivity contribution in [3.8, 4) is 0 Å². The van der Waals surface area contributed by atoms with Crippen LogP contribution in [0.25, 0.3) is 11.2 Å². The van der Waals surface area contributed by atoms with Gasteiger partial charge in [0.1, 0.15) is 11.8 Å². The van der Waals surface area contributed by atoms with Crippen LogP contribution in [0.1, 0.15) is 0 Å². The Kier molecular flexibility index (Phi) is 2.47. The SMILES string of the molecule is OO.c1ncc2[nH]cnc2n1. The zero-order chi connectivity index (χ0) is 8.10. The molecule has 0 spiro atoms. The molecule has 0 aliphatic carbocycles. The first-order chi connectivity index (χ1) is 5.47. The highest BCUT2D eigenvalue weighted by molar-refractivity contribution is 5.67. The minimum atomic E-state index is 0.713. The van der Waals surface area contributed by atoms with Gasteiger partial charge in [0.15, 0.2) is 5.65 Å². The molecule has 0 aliphatic rings. The monoisotopic (exact) mass is 154 g/mol. The molecule has 3 N–H and O–H groups in total. The molecule has 0 saturated heterocycles. The van der Waals surface area contributed by atoms with E-state index in [0.29, 0.717) is 5.65 Å². The van der Waals surface area contributed by atoms with Gasteiger partial charge in [-0.3, -0.25) is 10.5 Å². The third kappa shape index (κ3) is 1.48. The van der Waals surface area contributed by atoms with Gasteiger partial charge in [0, 0.05) is 0 Å². The van der Waals surface area contributed by atoms with Crippen molar-refractivity contribution in [2.24, 2.45) is 0 Å². The van der Waals surface area contributed by atoms with Crippen molar-refractivity contribution in [2.75, 3.05) is 0 Å². The van der Waals surface area contributed by atoms with Crippen LogP contribution in [0.5, 0.6) is 0 Å². The fourth-order valence-corrected chi connectivity index (χ4v) is 0.691. The molecule has 0 fully saturated rings. The summed E-state index contributed by atoms with van der Waals surface area (Å²) in [5, 5.41) is 12.0. The summed E-state index contributed by atoms with van der Waals surface area (Å²) in [6.07, 6.45) is 4.76. The molecule has 6 heteroatoms. The average molecular weight is 154 g/mol. The maximum Gasteiger partial charge on any atom is 0.180 e. The average Bonchev–Trinajstić information content (AvgIpc) is 2.55. The zero-order valence-electron chi connectivity index (χ0n) is 5.47. The summed E-state index contributed by atoms with van der Waals surface area (Å²) in [4.78, 5) is 14.5. The molecule has 11 heavy (non-hydrogen) atoms. The number of fused-ring (bicyclic) bond motifs is 1. The Morgan fingerprint density at radius 1 is 1.27 bits per heavy atom. The lowest BCUT2D eigenvalue weighted by Gasteiger charge is -1.80. The Morgan fingerprint density at radius 3 is 2.82 bits per heavy atom. The molecule has 0 aliphatic heterocycles. The molecule has 0 bridgehead atoms. The Morgan fingerprint density at radius 2 is 2.09 bits per heavy atom. The van der Waals surface area contributed by atoms with Crippen molar-refractivity contribution in [1.29, 1.82) is 0 Å². The molecule has 2 aromatic heterocycles. The standard InChI is InChI=1S/C5H4N4.H2O2/c1-4-5(8-2-6-1)9-3-7-4;1-2/h1-3H,(H,6,7,8,9);1-2H. The van der Waals surface area contributed by atoms with Gasteiger partial charge in [-0.05, 0) is 0 Å². The van der Waals surface area contributed by atoms with Crippen molar-refractivity contribution < 1.29 is 10.5 Å². The predicted octanol–water partition coefficient (Wildman–Crippen LogP) is 0.370. The highest BCUT2D eigenvalue weighted by atomic mass is 17.0. The number of H-pyrrole nitrogens is 1. The van der Waals surface area contributed by atoms with Crippen LogP contribution in [0.2, 0.25) is 0 Å². The van der Waals surface area contributed by atoms with E-state index in [1.54, 1.807) is 12.5 Å². The van der Waals surface area contributed by atoms with Gasteiger partial charge in [-0.15, -0.1) is 0 Å². The molecular weight excluding hydrogens is 148 g/mol. The summed E-state index contributed by atoms with van der Waals surface area (Å²) < 4.78 is 0. The first-order valence-electron chi connectivity index (χ1n) is 2.76. The zero-order valence-corrected chi connectivity index (χ0v) is 5.47. The normalized spacial score (nSPS) is 8.91. The second-order valence-corrected chi connectivity index (χ2v) is 1.66. The summed E-state index contributed by atoms with van der Waals surface area (Å²) in [5.74, 6) is 0. The van der Waals surface area contributed by atoms with Crippen LogP contribution in [0, 0.1) is 0 Å². The molecule has 0 unspecified atom stereocenters. The van der Waals surface area contributed by atoms with E-state index in [2.05, 4.69) is 19.9 Å². The fraction of sp³-hybridized carbons (Fsp3) is 0. The van der Waals surface area contributed by atoms with Crippen molar-refractivity contribution in [3.05, 3.63) is 18.9 Å². The van der Waals surface area contributed by atoms with Crippen molar-refractivity contribution in [1.82, 2.24) is 19.9 Å². The topological polar surface area (TPSA) is 94.9 Å². The van der Waals surface area contributed by atoms with E-state index < -0.39 is 0 Å². The largest absolute Gasteiger partial charge is 0.342 e. The Balaban J connectivity index is 0.000000281. The summed E-state index contributed by atoms with van der Waals surface area (Å²) in [6, 6.07) is 0. The van der Waals surface area contributed by atoms with Crippen molar-refractivity contribution in [2.45, 2.75) is 0 Å². The van der Waals surface area contributed by atoms with E-state index in [1.807, 2.05) is 0 Å². The molecule has 6 nitrogen and oxygen atoms in total. The Labute approximate surface area is 61.5 Å². The van der Waals surface area contributed by atoms with E-state index in [-0.39, 0.29) is 0 Å². The number of aromatic nitrogens is 4. The third-order valence-corrected chi connectivity index (χ3v) is 1.10. The van der Waals surface area contributed by atoms with Crippen LogP contribution in [-0.4, -0.2) is 30.5 Å². The summed E-state index contributed by atoms with van der Waals surface area (Å²) in [6.45, 7) is 0. The molecular formula is C5H6N4O2. The summed E-state index contributed by atoms with van der Waals surface area (Å²) in [5.41, 5.74) is 1.59. The van der Waals surface area contributed by atoms with Crippen LogP contribution >= 0.6 is 0 Å². The summed E-state index contributed by atoms with van der Waals surface area (Å²) in [7, 11) is 0. The number of nitrogens with one attached hydrogen (secondary N) is 1. The molecule has 0 atom stereocenters. The lowest BCUT2D eigenvalue weighted by Crippen LogP contribution is -1.76. The van der Waals surface area contributed by atoms with Gasteiger partial charge in [-0.1, -0.05) is 0 Å². The lowest BCUT2D eigenvalue weighted by molar-refractivity contribution is -0.176. The number of nitrogens with zero attached hydrogens (tertiary/aromatic N) is 3. The molecule has 2 aromatic rings. The van der Waals surface area contributed by atoms with E-state index in [4.69, 9.17) is 10.5 Å². The first-order valence-corrected chi connectivity index (χ1v) is 2.76. The third-order valence-electron chi connectivity index (χ3n) is 1.10. The minimum absolute atomic E-state index is 0.713. The molecule has 58 valence electrons. The number of aromatic amines is 1. The fourth-order valence-electron chi connectivity index (χ4n) is 0.691. The molecule has 2 heterocycles. The number of hydrogen-bond donors (Lipinski definition) is 3. The van der Waals surface area contributed by atoms with Crippen LogP contribution in [-0.2, 0) is 0 Å². The maximum absolute atomic E-state index is 6.00. The van der Waals surface area contributed by atoms with Gasteiger partial charge >= 0.3 is 0 Å². The van der Waals surface area contributed by atoms with Gasteiger partial charge in [-0.25, -0.2) is 15.0 Å². The van der Waals surface area contributed by atoms with Gasteiger partial charge in [0.2, 0.25) is 0 Å². The lowest BCUT2D eigenvalue weighted by atomic mass is 10.6. The molecule has 0 radical (unpaired) electrons. The quantitative estimate of drug-likeness (QED) is 0.376. The first kappa shape index (κ1) is 7.58. The number of hydrogen-bond acceptors (Lipinski definition) is 5. The van der Waals surface area contributed by atoms with Crippen molar-refractivity contribution in [3.63, 3.8) is 0 Å². The molecule has 0 amide bonds. The van der Waals surface area contributed by atoms with Gasteiger partial charge in [-0.2, -0.15) is 0 Å². The van der Waals surface area contributed by atoms with Crippen LogP contribution in [0.15, 0.2) is 18.9 Å². The smallest absolute Gasteiger partial charge is 0.180 e. The molecule has 0 saturated carbocycles. The minimum Gasteiger partial charge on any atom is -0.342 e. The Bertz CT molecular complexity index is 290. The van der Waals surface area contributed by atoms with E-state index in [0.717, 1.165) is 5.52 Å². The van der Waals surface area contributed by atoms with Crippen LogP contribution < -0.4 is 0 Å². The van der Waals surface area contributed by atoms with E-state index in [1.165, 1.54) is 6.33 Å². The highest BCUT2D eigenvalue weighted by Crippen LogP contribution is 1.99. The second-order valence-electron chi connectivity index (χ2n) is 1.66. The van der Waals surface area contributed by atoms with Crippen molar-refractivity contribution >= 4 is 11.2 Å². The van der Waals surface area contributed by atoms with Gasteiger partial charge < -0.3 is 4.98 Å². The van der Waals surface area contributed by atoms with Crippen LogP contribution in [0.4, 0.5) is 0 Å². The van der Waals surface area contributed by atoms with E-state index >= 15 is 0 Å². The molecule has 0 aromatic carbocycles. The van der Waals surface area contributed by atoms with Gasteiger partial charge in [0.25, 0.3) is 0 Å². The second kappa shape index (κ2) is 3.59. The predicted molar refractivity (Wildman–Crippen MR) is 36.9 cm³/mol. The highest BCUT2D eigenvalue weighted by Gasteiger charge is 1.91.